The summed E-state index contributed by atoms with van der Waals surface area (Å²) in [5, 5.41) is 12.9. The Labute approximate surface area is 252 Å². The quantitative estimate of drug-likeness (QED) is 0.255. The lowest BCUT2D eigenvalue weighted by Gasteiger charge is -2.64. The molecule has 1 aromatic carbocycles. The fourth-order valence-electron chi connectivity index (χ4n) is 8.41. The summed E-state index contributed by atoms with van der Waals surface area (Å²) < 4.78 is 36.9. The Morgan fingerprint density at radius 2 is 1.86 bits per heavy atom. The van der Waals surface area contributed by atoms with Crippen LogP contribution in [0.3, 0.4) is 0 Å². The van der Waals surface area contributed by atoms with Crippen LogP contribution in [0.25, 0.3) is 0 Å². The zero-order chi connectivity index (χ0) is 29.8. The first-order valence-electron chi connectivity index (χ1n) is 16.3. The molecule has 3 fully saturated rings. The van der Waals surface area contributed by atoms with E-state index in [1.807, 2.05) is 6.07 Å². The van der Waals surface area contributed by atoms with Gasteiger partial charge in [0.05, 0.1) is 41.5 Å². The van der Waals surface area contributed by atoms with Gasteiger partial charge in [-0.3, -0.25) is 4.90 Å². The van der Waals surface area contributed by atoms with Crippen molar-refractivity contribution in [2.45, 2.75) is 126 Å². The van der Waals surface area contributed by atoms with Gasteiger partial charge in [0.15, 0.2) is 18.3 Å². The molecule has 236 valence electrons. The lowest BCUT2D eigenvalue weighted by molar-refractivity contribution is -0.233. The van der Waals surface area contributed by atoms with Crippen molar-refractivity contribution < 1.29 is 33.5 Å². The van der Waals surface area contributed by atoms with Crippen molar-refractivity contribution in [3.8, 4) is 11.5 Å². The molecule has 6 rings (SSSR count). The van der Waals surface area contributed by atoms with Gasteiger partial charge >= 0.3 is 0 Å². The van der Waals surface area contributed by atoms with E-state index in [1.165, 1.54) is 24.8 Å². The molecule has 8 heteroatoms. The van der Waals surface area contributed by atoms with Crippen molar-refractivity contribution in [3.05, 3.63) is 23.3 Å². The minimum absolute atomic E-state index is 0.0923. The SMILES string of the molecule is COCCOCOc1ccc2c3c1OC1C(OC(C)(C)CCOC(C)(C)C)CC[C@@]4(O)[C@@H](C2)N(CC2CCC2)CC[C@]314. The van der Waals surface area contributed by atoms with Gasteiger partial charge in [0.1, 0.15) is 6.10 Å². The van der Waals surface area contributed by atoms with Crippen molar-refractivity contribution >= 4 is 0 Å². The minimum Gasteiger partial charge on any atom is -0.482 e. The zero-order valence-corrected chi connectivity index (χ0v) is 26.7. The fraction of sp³-hybridized carbons (Fsp3) is 0.824. The molecule has 1 saturated heterocycles. The van der Waals surface area contributed by atoms with Gasteiger partial charge in [0.25, 0.3) is 0 Å². The maximum Gasteiger partial charge on any atom is 0.189 e. The highest BCUT2D eigenvalue weighted by Crippen LogP contribution is 2.66. The lowest BCUT2D eigenvalue weighted by Crippen LogP contribution is -2.77. The van der Waals surface area contributed by atoms with Gasteiger partial charge in [-0.1, -0.05) is 12.5 Å². The summed E-state index contributed by atoms with van der Waals surface area (Å²) in [6, 6.07) is 4.32. The van der Waals surface area contributed by atoms with Crippen LogP contribution < -0.4 is 9.47 Å². The second-order valence-electron chi connectivity index (χ2n) is 15.0. The average molecular weight is 588 g/mol. The minimum atomic E-state index is -0.870. The first kappa shape index (κ1) is 30.6. The van der Waals surface area contributed by atoms with E-state index in [2.05, 4.69) is 45.6 Å². The number of nitrogens with zero attached hydrogens (tertiary/aromatic N) is 1. The molecule has 2 aliphatic heterocycles. The Kier molecular flexibility index (Phi) is 8.38. The van der Waals surface area contributed by atoms with Crippen LogP contribution in [0.1, 0.15) is 90.7 Å². The van der Waals surface area contributed by atoms with Crippen LogP contribution in [0, 0.1) is 5.92 Å². The molecular formula is C34H53NO7. The fourth-order valence-corrected chi connectivity index (χ4v) is 8.41. The summed E-state index contributed by atoms with van der Waals surface area (Å²) in [6.07, 6.45) is 7.52. The Hall–Kier alpha value is -1.42. The molecular weight excluding hydrogens is 534 g/mol. The summed E-state index contributed by atoms with van der Waals surface area (Å²) in [4.78, 5) is 2.62. The number of ether oxygens (including phenoxy) is 6. The van der Waals surface area contributed by atoms with E-state index >= 15 is 0 Å². The Morgan fingerprint density at radius 3 is 2.57 bits per heavy atom. The van der Waals surface area contributed by atoms with Gasteiger partial charge in [0, 0.05) is 31.9 Å². The summed E-state index contributed by atoms with van der Waals surface area (Å²) in [7, 11) is 1.66. The first-order valence-corrected chi connectivity index (χ1v) is 16.3. The molecule has 0 aromatic heterocycles. The predicted octanol–water partition coefficient (Wildman–Crippen LogP) is 5.01. The van der Waals surface area contributed by atoms with E-state index in [-0.39, 0.29) is 30.6 Å². The molecule has 2 heterocycles. The van der Waals surface area contributed by atoms with Crippen molar-refractivity contribution in [1.29, 1.82) is 0 Å². The molecule has 42 heavy (non-hydrogen) atoms. The van der Waals surface area contributed by atoms with Crippen LogP contribution in [0.5, 0.6) is 11.5 Å². The third kappa shape index (κ3) is 5.39. The number of rotatable bonds is 13. The van der Waals surface area contributed by atoms with Gasteiger partial charge in [-0.25, -0.2) is 0 Å². The maximum atomic E-state index is 12.9. The number of hydrogen-bond acceptors (Lipinski definition) is 8. The highest BCUT2D eigenvalue weighted by atomic mass is 16.7. The summed E-state index contributed by atoms with van der Waals surface area (Å²) in [6.45, 7) is 14.4. The Bertz CT molecular complexity index is 1110. The lowest BCUT2D eigenvalue weighted by atomic mass is 9.48. The van der Waals surface area contributed by atoms with Gasteiger partial charge in [-0.15, -0.1) is 0 Å². The molecule has 1 aromatic rings. The van der Waals surface area contributed by atoms with Crippen LogP contribution in [-0.4, -0.2) is 91.9 Å². The van der Waals surface area contributed by atoms with Gasteiger partial charge in [-0.2, -0.15) is 0 Å². The zero-order valence-electron chi connectivity index (χ0n) is 26.7. The molecule has 5 aliphatic rings. The molecule has 1 N–H and O–H groups in total. The normalized spacial score (nSPS) is 32.3. The standard InChI is InChI=1S/C34H53NO7/c1-31(2,3)40-17-15-32(4,5)42-26-12-13-34(36)27-20-24-10-11-25(39-22-38-19-18-37-6)29-28(24)33(34,30(26)41-29)14-16-35(27)21-23-8-7-9-23/h10-11,23,26-27,30,36H,7-9,12-22H2,1-6H3/t26?,27-,30?,33+,34-/m1/s1. The summed E-state index contributed by atoms with van der Waals surface area (Å²) >= 11 is 0. The molecule has 5 atom stereocenters. The molecule has 0 radical (unpaired) electrons. The van der Waals surface area contributed by atoms with Gasteiger partial charge < -0.3 is 33.5 Å². The smallest absolute Gasteiger partial charge is 0.189 e. The highest BCUT2D eigenvalue weighted by Gasteiger charge is 2.73. The van der Waals surface area contributed by atoms with E-state index in [1.54, 1.807) is 7.11 Å². The topological polar surface area (TPSA) is 78.9 Å². The summed E-state index contributed by atoms with van der Waals surface area (Å²) in [5.41, 5.74) is 0.477. The maximum absolute atomic E-state index is 12.9. The third-order valence-electron chi connectivity index (χ3n) is 10.7. The number of methoxy groups -OCH3 is 1. The third-order valence-corrected chi connectivity index (χ3v) is 10.7. The Balaban J connectivity index is 1.30. The van der Waals surface area contributed by atoms with E-state index in [0.717, 1.165) is 56.0 Å². The number of likely N-dealkylation sites (tertiary alicyclic amines) is 1. The van der Waals surface area contributed by atoms with E-state index in [9.17, 15) is 5.11 Å². The average Bonchev–Trinajstić information content (AvgIpc) is 3.24. The second-order valence-corrected chi connectivity index (χ2v) is 15.0. The first-order chi connectivity index (χ1) is 20.0. The number of aliphatic hydroxyl groups is 1. The number of piperidine rings is 1. The van der Waals surface area contributed by atoms with Crippen molar-refractivity contribution in [2.75, 3.05) is 46.8 Å². The number of benzene rings is 1. The summed E-state index contributed by atoms with van der Waals surface area (Å²) in [5.74, 6) is 2.23. The van der Waals surface area contributed by atoms with Crippen molar-refractivity contribution in [1.82, 2.24) is 4.90 Å². The predicted molar refractivity (Wildman–Crippen MR) is 160 cm³/mol. The molecule has 1 spiro atoms. The molecule has 0 amide bonds. The molecule has 2 unspecified atom stereocenters. The van der Waals surface area contributed by atoms with Crippen LogP contribution in [0.4, 0.5) is 0 Å². The highest BCUT2D eigenvalue weighted by molar-refractivity contribution is 5.63. The number of hydrogen-bond donors (Lipinski definition) is 1. The monoisotopic (exact) mass is 587 g/mol. The van der Waals surface area contributed by atoms with Gasteiger partial charge in [-0.05, 0) is 104 Å². The van der Waals surface area contributed by atoms with Crippen molar-refractivity contribution in [3.63, 3.8) is 0 Å². The molecule has 3 aliphatic carbocycles. The Morgan fingerprint density at radius 1 is 1.05 bits per heavy atom. The van der Waals surface area contributed by atoms with Gasteiger partial charge in [0.2, 0.25) is 0 Å². The second kappa shape index (κ2) is 11.5. The van der Waals surface area contributed by atoms with E-state index in [4.69, 9.17) is 28.4 Å². The molecule has 2 saturated carbocycles. The molecule has 2 bridgehead atoms. The van der Waals surface area contributed by atoms with Crippen molar-refractivity contribution in [2.24, 2.45) is 5.92 Å². The van der Waals surface area contributed by atoms with Crippen LogP contribution in [-0.2, 0) is 30.8 Å². The van der Waals surface area contributed by atoms with E-state index in [0.29, 0.717) is 32.0 Å². The van der Waals surface area contributed by atoms with Crippen LogP contribution >= 0.6 is 0 Å². The van der Waals surface area contributed by atoms with E-state index < -0.39 is 16.6 Å². The van der Waals surface area contributed by atoms with Crippen LogP contribution in [0.2, 0.25) is 0 Å². The largest absolute Gasteiger partial charge is 0.482 e. The van der Waals surface area contributed by atoms with Crippen LogP contribution in [0.15, 0.2) is 12.1 Å². The molecule has 8 nitrogen and oxygen atoms in total.